The van der Waals surface area contributed by atoms with Gasteiger partial charge in [0.15, 0.2) is 5.58 Å². The predicted octanol–water partition coefficient (Wildman–Crippen LogP) is 3.51. The second-order valence-corrected chi connectivity index (χ2v) is 6.17. The third-order valence-electron chi connectivity index (χ3n) is 4.16. The number of pyridine rings is 1. The van der Waals surface area contributed by atoms with Crippen molar-refractivity contribution >= 4 is 34.4 Å². The van der Waals surface area contributed by atoms with Crippen molar-refractivity contribution in [3.05, 3.63) is 47.2 Å². The highest BCUT2D eigenvalue weighted by molar-refractivity contribution is 6.29. The van der Waals surface area contributed by atoms with E-state index < -0.39 is 0 Å². The third kappa shape index (κ3) is 2.84. The number of aryl methyl sites for hydroxylation is 1. The molecule has 0 aliphatic carbocycles. The van der Waals surface area contributed by atoms with Gasteiger partial charge in [-0.2, -0.15) is 4.98 Å². The maximum Gasteiger partial charge on any atom is 0.298 e. The number of rotatable bonds is 2. The topological polar surface area (TPSA) is 45.4 Å². The first-order valence-electron chi connectivity index (χ1n) is 7.68. The van der Waals surface area contributed by atoms with Gasteiger partial charge in [0, 0.05) is 38.1 Å². The Bertz CT molecular complexity index is 839. The van der Waals surface area contributed by atoms with Gasteiger partial charge in [0.25, 0.3) is 6.01 Å². The number of halogens is 1. The molecule has 5 nitrogen and oxygen atoms in total. The summed E-state index contributed by atoms with van der Waals surface area (Å²) in [6.45, 7) is 5.60. The fourth-order valence-electron chi connectivity index (χ4n) is 2.91. The molecule has 3 heterocycles. The summed E-state index contributed by atoms with van der Waals surface area (Å²) in [6, 6.07) is 10.7. The van der Waals surface area contributed by atoms with E-state index in [1.807, 2.05) is 24.3 Å². The van der Waals surface area contributed by atoms with E-state index in [2.05, 4.69) is 32.8 Å². The van der Waals surface area contributed by atoms with Gasteiger partial charge in [-0.15, -0.1) is 0 Å². The van der Waals surface area contributed by atoms with Crippen molar-refractivity contribution in [2.24, 2.45) is 0 Å². The lowest BCUT2D eigenvalue weighted by molar-refractivity contribution is 0.542. The molecule has 4 rings (SSSR count). The van der Waals surface area contributed by atoms with Crippen molar-refractivity contribution in [2.75, 3.05) is 36.0 Å². The average molecular weight is 329 g/mol. The summed E-state index contributed by atoms with van der Waals surface area (Å²) in [7, 11) is 0. The first-order chi connectivity index (χ1) is 11.2. The number of piperazine rings is 1. The molecule has 0 bridgehead atoms. The third-order valence-corrected chi connectivity index (χ3v) is 4.36. The minimum atomic E-state index is 0.527. The highest BCUT2D eigenvalue weighted by atomic mass is 35.5. The average Bonchev–Trinajstić information content (AvgIpc) is 2.98. The molecule has 6 heteroatoms. The van der Waals surface area contributed by atoms with E-state index in [0.29, 0.717) is 11.2 Å². The maximum atomic E-state index is 5.97. The number of fused-ring (bicyclic) bond motifs is 1. The lowest BCUT2D eigenvalue weighted by Crippen LogP contribution is -2.46. The van der Waals surface area contributed by atoms with Gasteiger partial charge in [-0.05, 0) is 36.8 Å². The van der Waals surface area contributed by atoms with E-state index in [4.69, 9.17) is 16.0 Å². The summed E-state index contributed by atoms with van der Waals surface area (Å²) in [5.41, 5.74) is 4.06. The quantitative estimate of drug-likeness (QED) is 0.674. The van der Waals surface area contributed by atoms with Crippen LogP contribution in [0.1, 0.15) is 5.56 Å². The number of benzene rings is 1. The van der Waals surface area contributed by atoms with Gasteiger partial charge >= 0.3 is 0 Å². The van der Waals surface area contributed by atoms with Gasteiger partial charge in [-0.1, -0.05) is 17.7 Å². The second-order valence-electron chi connectivity index (χ2n) is 5.78. The fourth-order valence-corrected chi connectivity index (χ4v) is 3.07. The molecule has 1 aromatic carbocycles. The van der Waals surface area contributed by atoms with Crippen LogP contribution in [0.2, 0.25) is 5.15 Å². The standard InChI is InChI=1S/C17H17ClN4O/c1-12-2-3-15-14(10-12)20-17(23-15)22-8-6-21(7-9-22)13-4-5-19-16(18)11-13/h2-5,10-11H,6-9H2,1H3. The Kier molecular flexibility index (Phi) is 3.58. The van der Waals surface area contributed by atoms with Crippen molar-refractivity contribution in [1.82, 2.24) is 9.97 Å². The smallest absolute Gasteiger partial charge is 0.298 e. The minimum Gasteiger partial charge on any atom is -0.423 e. The Morgan fingerprint density at radius 3 is 2.61 bits per heavy atom. The summed E-state index contributed by atoms with van der Waals surface area (Å²) in [5.74, 6) is 0. The molecule has 0 saturated carbocycles. The van der Waals surface area contributed by atoms with Gasteiger partial charge in [0.05, 0.1) is 0 Å². The van der Waals surface area contributed by atoms with E-state index in [1.54, 1.807) is 6.20 Å². The molecule has 3 aromatic rings. The first kappa shape index (κ1) is 14.3. The van der Waals surface area contributed by atoms with Gasteiger partial charge < -0.3 is 14.2 Å². The Balaban J connectivity index is 1.50. The Morgan fingerprint density at radius 1 is 1.04 bits per heavy atom. The molecule has 1 saturated heterocycles. The zero-order chi connectivity index (χ0) is 15.8. The molecular formula is C17H17ClN4O. The first-order valence-corrected chi connectivity index (χ1v) is 8.05. The molecule has 1 aliphatic rings. The van der Waals surface area contributed by atoms with Crippen LogP contribution < -0.4 is 9.80 Å². The number of hydrogen-bond acceptors (Lipinski definition) is 5. The van der Waals surface area contributed by atoms with Crippen molar-refractivity contribution in [1.29, 1.82) is 0 Å². The van der Waals surface area contributed by atoms with Crippen LogP contribution in [0, 0.1) is 6.92 Å². The predicted molar refractivity (Wildman–Crippen MR) is 92.4 cm³/mol. The number of oxazole rings is 1. The van der Waals surface area contributed by atoms with E-state index >= 15 is 0 Å². The van der Waals surface area contributed by atoms with E-state index in [9.17, 15) is 0 Å². The normalized spacial score (nSPS) is 15.4. The maximum absolute atomic E-state index is 5.97. The van der Waals surface area contributed by atoms with Crippen molar-refractivity contribution < 1.29 is 4.42 Å². The van der Waals surface area contributed by atoms with Crippen molar-refractivity contribution in [2.45, 2.75) is 6.92 Å². The molecule has 0 unspecified atom stereocenters. The largest absolute Gasteiger partial charge is 0.423 e. The molecule has 2 aromatic heterocycles. The Morgan fingerprint density at radius 2 is 1.83 bits per heavy atom. The van der Waals surface area contributed by atoms with Crippen molar-refractivity contribution in [3.63, 3.8) is 0 Å². The van der Waals surface area contributed by atoms with Gasteiger partial charge in [0.2, 0.25) is 0 Å². The molecule has 0 amide bonds. The Labute approximate surface area is 139 Å². The molecule has 1 aliphatic heterocycles. The molecule has 1 fully saturated rings. The molecule has 118 valence electrons. The molecule has 23 heavy (non-hydrogen) atoms. The minimum absolute atomic E-state index is 0.527. The summed E-state index contributed by atoms with van der Waals surface area (Å²) in [6.07, 6.45) is 1.74. The van der Waals surface area contributed by atoms with E-state index in [1.165, 1.54) is 5.56 Å². The van der Waals surface area contributed by atoms with Gasteiger partial charge in [0.1, 0.15) is 10.7 Å². The van der Waals surface area contributed by atoms with Crippen LogP contribution in [0.5, 0.6) is 0 Å². The van der Waals surface area contributed by atoms with Gasteiger partial charge in [-0.3, -0.25) is 0 Å². The highest BCUT2D eigenvalue weighted by Gasteiger charge is 2.21. The van der Waals surface area contributed by atoms with E-state index in [0.717, 1.165) is 43.0 Å². The van der Waals surface area contributed by atoms with Crippen LogP contribution in [0.3, 0.4) is 0 Å². The van der Waals surface area contributed by atoms with Crippen LogP contribution in [0.15, 0.2) is 40.9 Å². The van der Waals surface area contributed by atoms with Gasteiger partial charge in [-0.25, -0.2) is 4.98 Å². The molecule has 0 N–H and O–H groups in total. The summed E-state index contributed by atoms with van der Waals surface area (Å²) < 4.78 is 5.89. The zero-order valence-electron chi connectivity index (χ0n) is 12.9. The number of nitrogens with zero attached hydrogens (tertiary/aromatic N) is 4. The summed E-state index contributed by atoms with van der Waals surface area (Å²) >= 11 is 5.97. The molecule has 0 atom stereocenters. The molecule has 0 radical (unpaired) electrons. The number of aromatic nitrogens is 2. The molecular weight excluding hydrogens is 312 g/mol. The summed E-state index contributed by atoms with van der Waals surface area (Å²) in [4.78, 5) is 13.1. The second kappa shape index (κ2) is 5.74. The Hall–Kier alpha value is -2.27. The zero-order valence-corrected chi connectivity index (χ0v) is 13.6. The van der Waals surface area contributed by atoms with Crippen LogP contribution in [-0.2, 0) is 0 Å². The lowest BCUT2D eigenvalue weighted by atomic mass is 10.2. The monoisotopic (exact) mass is 328 g/mol. The van der Waals surface area contributed by atoms with Crippen LogP contribution in [-0.4, -0.2) is 36.1 Å². The number of anilines is 2. The lowest BCUT2D eigenvalue weighted by Gasteiger charge is -2.35. The SMILES string of the molecule is Cc1ccc2oc(N3CCN(c4ccnc(Cl)c4)CC3)nc2c1. The van der Waals surface area contributed by atoms with E-state index in [-0.39, 0.29) is 0 Å². The summed E-state index contributed by atoms with van der Waals surface area (Å²) in [5, 5.41) is 0.527. The molecule has 0 spiro atoms. The van der Waals surface area contributed by atoms with Crippen LogP contribution >= 0.6 is 11.6 Å². The van der Waals surface area contributed by atoms with Crippen LogP contribution in [0.4, 0.5) is 11.7 Å². The van der Waals surface area contributed by atoms with Crippen LogP contribution in [0.25, 0.3) is 11.1 Å². The number of hydrogen-bond donors (Lipinski definition) is 0. The fraction of sp³-hybridized carbons (Fsp3) is 0.294. The van der Waals surface area contributed by atoms with Crippen molar-refractivity contribution in [3.8, 4) is 0 Å². The highest BCUT2D eigenvalue weighted by Crippen LogP contribution is 2.25.